The minimum Gasteiger partial charge on any atom is -0.397 e. The molecule has 0 saturated carbocycles. The fourth-order valence-corrected chi connectivity index (χ4v) is 1.75. The van der Waals surface area contributed by atoms with E-state index in [0.29, 0.717) is 14.9 Å². The van der Waals surface area contributed by atoms with Crippen LogP contribution < -0.4 is 11.1 Å². The van der Waals surface area contributed by atoms with Crippen LogP contribution in [0.2, 0.25) is 0 Å². The van der Waals surface area contributed by atoms with Gasteiger partial charge in [0.1, 0.15) is 5.82 Å². The van der Waals surface area contributed by atoms with Gasteiger partial charge in [0.2, 0.25) is 0 Å². The van der Waals surface area contributed by atoms with Crippen LogP contribution in [0.1, 0.15) is 6.92 Å². The van der Waals surface area contributed by atoms with E-state index in [1.807, 2.05) is 29.6 Å². The van der Waals surface area contributed by atoms with E-state index in [9.17, 15) is 4.39 Å². The lowest BCUT2D eigenvalue weighted by molar-refractivity contribution is 0.367. The summed E-state index contributed by atoms with van der Waals surface area (Å²) in [4.78, 5) is 2.17. The molecule has 90 valence electrons. The van der Waals surface area contributed by atoms with Crippen molar-refractivity contribution in [3.63, 3.8) is 0 Å². The third-order valence-corrected chi connectivity index (χ3v) is 3.27. The van der Waals surface area contributed by atoms with Crippen LogP contribution in [0.3, 0.4) is 0 Å². The van der Waals surface area contributed by atoms with Crippen molar-refractivity contribution in [3.05, 3.63) is 21.5 Å². The fourth-order valence-electron chi connectivity index (χ4n) is 1.25. The van der Waals surface area contributed by atoms with Gasteiger partial charge in [-0.3, -0.25) is 0 Å². The van der Waals surface area contributed by atoms with Crippen LogP contribution in [-0.4, -0.2) is 31.6 Å². The Labute approximate surface area is 109 Å². The number of anilines is 2. The lowest BCUT2D eigenvalue weighted by atomic mass is 10.2. The molecule has 0 aromatic heterocycles. The second-order valence-corrected chi connectivity index (χ2v) is 4.84. The molecule has 3 nitrogen and oxygen atoms in total. The first-order valence-electron chi connectivity index (χ1n) is 5.21. The number of hydrogen-bond donors (Lipinski definition) is 2. The highest BCUT2D eigenvalue weighted by atomic mass is 127. The Morgan fingerprint density at radius 3 is 2.81 bits per heavy atom. The van der Waals surface area contributed by atoms with E-state index in [0.717, 1.165) is 19.6 Å². The summed E-state index contributed by atoms with van der Waals surface area (Å²) < 4.78 is 13.8. The van der Waals surface area contributed by atoms with Crippen LogP contribution in [-0.2, 0) is 0 Å². The number of halogens is 2. The zero-order valence-electron chi connectivity index (χ0n) is 9.56. The van der Waals surface area contributed by atoms with Crippen LogP contribution in [0, 0.1) is 9.39 Å². The molecular formula is C11H17FIN3. The maximum Gasteiger partial charge on any atom is 0.138 e. The van der Waals surface area contributed by atoms with Gasteiger partial charge >= 0.3 is 0 Å². The Morgan fingerprint density at radius 2 is 2.19 bits per heavy atom. The number of rotatable bonds is 5. The molecule has 0 unspecified atom stereocenters. The van der Waals surface area contributed by atoms with E-state index < -0.39 is 0 Å². The van der Waals surface area contributed by atoms with Gasteiger partial charge < -0.3 is 16.0 Å². The molecule has 0 atom stereocenters. The van der Waals surface area contributed by atoms with Crippen LogP contribution in [0.15, 0.2) is 12.1 Å². The van der Waals surface area contributed by atoms with E-state index in [1.54, 1.807) is 6.07 Å². The lowest BCUT2D eigenvalue weighted by Gasteiger charge is -2.15. The van der Waals surface area contributed by atoms with E-state index in [-0.39, 0.29) is 5.82 Å². The van der Waals surface area contributed by atoms with E-state index in [4.69, 9.17) is 5.73 Å². The molecule has 0 aliphatic carbocycles. The zero-order chi connectivity index (χ0) is 12.1. The molecule has 1 aromatic carbocycles. The summed E-state index contributed by atoms with van der Waals surface area (Å²) in [6.45, 7) is 4.76. The minimum absolute atomic E-state index is 0.235. The normalized spacial score (nSPS) is 10.8. The number of nitrogens with zero attached hydrogens (tertiary/aromatic N) is 1. The predicted octanol–water partition coefficient (Wildman–Crippen LogP) is 2.38. The molecule has 0 saturated heterocycles. The van der Waals surface area contributed by atoms with E-state index >= 15 is 0 Å². The topological polar surface area (TPSA) is 41.3 Å². The number of nitrogens with one attached hydrogen (secondary N) is 1. The molecule has 0 heterocycles. The summed E-state index contributed by atoms with van der Waals surface area (Å²) in [5.74, 6) is -0.235. The number of nitrogens with two attached hydrogens (primary N) is 1. The first kappa shape index (κ1) is 13.5. The maximum atomic E-state index is 13.3. The molecule has 5 heteroatoms. The van der Waals surface area contributed by atoms with Gasteiger partial charge in [-0.05, 0) is 42.2 Å². The molecule has 0 bridgehead atoms. The predicted molar refractivity (Wildman–Crippen MR) is 75.2 cm³/mol. The summed E-state index contributed by atoms with van der Waals surface area (Å²) >= 11 is 1.93. The molecule has 0 spiro atoms. The van der Waals surface area contributed by atoms with Crippen LogP contribution >= 0.6 is 22.6 Å². The first-order chi connectivity index (χ1) is 7.54. The second-order valence-electron chi connectivity index (χ2n) is 3.68. The minimum atomic E-state index is -0.235. The lowest BCUT2D eigenvalue weighted by Crippen LogP contribution is -2.25. The number of likely N-dealkylation sites (N-methyl/N-ethyl adjacent to an activating group) is 1. The van der Waals surface area contributed by atoms with Crippen molar-refractivity contribution in [3.8, 4) is 0 Å². The van der Waals surface area contributed by atoms with Crippen LogP contribution in [0.5, 0.6) is 0 Å². The van der Waals surface area contributed by atoms with Crippen molar-refractivity contribution < 1.29 is 4.39 Å². The molecular weight excluding hydrogens is 320 g/mol. The monoisotopic (exact) mass is 337 g/mol. The molecule has 0 aliphatic rings. The summed E-state index contributed by atoms with van der Waals surface area (Å²) in [6, 6.07) is 3.09. The molecule has 0 fully saturated rings. The Balaban J connectivity index is 2.57. The highest BCUT2D eigenvalue weighted by Crippen LogP contribution is 2.23. The standard InChI is InChI=1S/C11H17FIN3/c1-3-16(2)5-4-15-11-6-8(12)9(13)7-10(11)14/h6-7,15H,3-5,14H2,1-2H3. The summed E-state index contributed by atoms with van der Waals surface area (Å²) in [5.41, 5.74) is 7.05. The number of benzene rings is 1. The zero-order valence-corrected chi connectivity index (χ0v) is 11.7. The number of nitrogen functional groups attached to an aromatic ring is 1. The van der Waals surface area contributed by atoms with Gasteiger partial charge in [0.05, 0.1) is 14.9 Å². The van der Waals surface area contributed by atoms with Gasteiger partial charge in [0.25, 0.3) is 0 Å². The third-order valence-electron chi connectivity index (χ3n) is 2.44. The molecule has 1 rings (SSSR count). The van der Waals surface area contributed by atoms with Crippen molar-refractivity contribution in [1.29, 1.82) is 0 Å². The molecule has 1 aromatic rings. The Morgan fingerprint density at radius 1 is 1.50 bits per heavy atom. The molecule has 0 aliphatic heterocycles. The van der Waals surface area contributed by atoms with E-state index in [2.05, 4.69) is 17.1 Å². The highest BCUT2D eigenvalue weighted by Gasteiger charge is 2.05. The Hall–Kier alpha value is -0.560. The molecule has 0 amide bonds. The summed E-state index contributed by atoms with van der Waals surface area (Å²) in [5, 5.41) is 3.14. The van der Waals surface area contributed by atoms with Crippen LogP contribution in [0.25, 0.3) is 0 Å². The fraction of sp³-hybridized carbons (Fsp3) is 0.455. The van der Waals surface area contributed by atoms with Crippen molar-refractivity contribution >= 4 is 34.0 Å². The average molecular weight is 337 g/mol. The Bertz CT molecular complexity index is 357. The van der Waals surface area contributed by atoms with E-state index in [1.165, 1.54) is 6.07 Å². The van der Waals surface area contributed by atoms with Crippen molar-refractivity contribution in [2.24, 2.45) is 0 Å². The van der Waals surface area contributed by atoms with Crippen molar-refractivity contribution in [1.82, 2.24) is 4.90 Å². The quantitative estimate of drug-likeness (QED) is 0.640. The average Bonchev–Trinajstić information content (AvgIpc) is 2.25. The van der Waals surface area contributed by atoms with Crippen molar-refractivity contribution in [2.45, 2.75) is 6.92 Å². The molecule has 16 heavy (non-hydrogen) atoms. The largest absolute Gasteiger partial charge is 0.397 e. The highest BCUT2D eigenvalue weighted by molar-refractivity contribution is 14.1. The van der Waals surface area contributed by atoms with Gasteiger partial charge in [-0.15, -0.1) is 0 Å². The molecule has 0 radical (unpaired) electrons. The third kappa shape index (κ3) is 3.79. The van der Waals surface area contributed by atoms with Gasteiger partial charge in [0.15, 0.2) is 0 Å². The first-order valence-corrected chi connectivity index (χ1v) is 6.29. The van der Waals surface area contributed by atoms with Gasteiger partial charge in [-0.2, -0.15) is 0 Å². The van der Waals surface area contributed by atoms with Gasteiger partial charge in [-0.1, -0.05) is 6.92 Å². The Kier molecular flexibility index (Phi) is 5.27. The van der Waals surface area contributed by atoms with Gasteiger partial charge in [-0.25, -0.2) is 4.39 Å². The molecule has 3 N–H and O–H groups in total. The second kappa shape index (κ2) is 6.24. The van der Waals surface area contributed by atoms with Crippen molar-refractivity contribution in [2.75, 3.05) is 37.7 Å². The van der Waals surface area contributed by atoms with Crippen LogP contribution in [0.4, 0.5) is 15.8 Å². The summed E-state index contributed by atoms with van der Waals surface area (Å²) in [6.07, 6.45) is 0. The maximum absolute atomic E-state index is 13.3. The smallest absolute Gasteiger partial charge is 0.138 e. The number of hydrogen-bond acceptors (Lipinski definition) is 3. The SMILES string of the molecule is CCN(C)CCNc1cc(F)c(I)cc1N. The van der Waals surface area contributed by atoms with Gasteiger partial charge in [0, 0.05) is 19.2 Å². The summed E-state index contributed by atoms with van der Waals surface area (Å²) in [7, 11) is 2.04.